The SMILES string of the molecule is CC(C)OCC1CNCC(C)(C)CO1. The van der Waals surface area contributed by atoms with Gasteiger partial charge in [0.15, 0.2) is 0 Å². The monoisotopic (exact) mass is 201 g/mol. The van der Waals surface area contributed by atoms with Crippen LogP contribution in [0.25, 0.3) is 0 Å². The molecule has 1 rings (SSSR count). The predicted octanol–water partition coefficient (Wildman–Crippen LogP) is 1.43. The summed E-state index contributed by atoms with van der Waals surface area (Å²) in [4.78, 5) is 0. The number of nitrogens with one attached hydrogen (secondary N) is 1. The van der Waals surface area contributed by atoms with Crippen LogP contribution in [-0.4, -0.2) is 38.5 Å². The Bertz CT molecular complexity index is 169. The van der Waals surface area contributed by atoms with Crippen LogP contribution < -0.4 is 5.32 Å². The molecule has 1 heterocycles. The van der Waals surface area contributed by atoms with Gasteiger partial charge in [-0.15, -0.1) is 0 Å². The molecule has 1 N–H and O–H groups in total. The lowest BCUT2D eigenvalue weighted by molar-refractivity contribution is -0.0423. The largest absolute Gasteiger partial charge is 0.376 e. The average molecular weight is 201 g/mol. The minimum absolute atomic E-state index is 0.208. The minimum Gasteiger partial charge on any atom is -0.376 e. The normalized spacial score (nSPS) is 27.6. The van der Waals surface area contributed by atoms with Crippen LogP contribution in [0.3, 0.4) is 0 Å². The molecule has 1 fully saturated rings. The van der Waals surface area contributed by atoms with Gasteiger partial charge < -0.3 is 14.8 Å². The van der Waals surface area contributed by atoms with Gasteiger partial charge in [0.25, 0.3) is 0 Å². The smallest absolute Gasteiger partial charge is 0.0932 e. The summed E-state index contributed by atoms with van der Waals surface area (Å²) in [6.07, 6.45) is 0.494. The van der Waals surface area contributed by atoms with Crippen LogP contribution >= 0.6 is 0 Å². The van der Waals surface area contributed by atoms with Gasteiger partial charge >= 0.3 is 0 Å². The zero-order chi connectivity index (χ0) is 10.6. The fraction of sp³-hybridized carbons (Fsp3) is 1.00. The third-order valence-electron chi connectivity index (χ3n) is 2.30. The number of hydrogen-bond donors (Lipinski definition) is 1. The molecule has 1 aliphatic rings. The van der Waals surface area contributed by atoms with Gasteiger partial charge in [-0.1, -0.05) is 13.8 Å². The van der Waals surface area contributed by atoms with Gasteiger partial charge in [0, 0.05) is 18.5 Å². The zero-order valence-corrected chi connectivity index (χ0v) is 9.80. The molecule has 14 heavy (non-hydrogen) atoms. The number of ether oxygens (including phenoxy) is 2. The average Bonchev–Trinajstić information content (AvgIpc) is 2.23. The van der Waals surface area contributed by atoms with E-state index in [1.165, 1.54) is 0 Å². The van der Waals surface area contributed by atoms with Crippen LogP contribution in [0.1, 0.15) is 27.7 Å². The van der Waals surface area contributed by atoms with E-state index in [2.05, 4.69) is 19.2 Å². The van der Waals surface area contributed by atoms with Gasteiger partial charge in [-0.3, -0.25) is 0 Å². The van der Waals surface area contributed by atoms with Crippen molar-refractivity contribution in [1.29, 1.82) is 0 Å². The van der Waals surface area contributed by atoms with Crippen molar-refractivity contribution < 1.29 is 9.47 Å². The Morgan fingerprint density at radius 3 is 2.86 bits per heavy atom. The van der Waals surface area contributed by atoms with Crippen molar-refractivity contribution in [1.82, 2.24) is 5.32 Å². The van der Waals surface area contributed by atoms with Crippen molar-refractivity contribution in [2.45, 2.75) is 39.9 Å². The lowest BCUT2D eigenvalue weighted by Crippen LogP contribution is -2.32. The predicted molar refractivity (Wildman–Crippen MR) is 57.5 cm³/mol. The summed E-state index contributed by atoms with van der Waals surface area (Å²) >= 11 is 0. The Morgan fingerprint density at radius 1 is 1.50 bits per heavy atom. The van der Waals surface area contributed by atoms with E-state index in [4.69, 9.17) is 9.47 Å². The second-order valence-electron chi connectivity index (χ2n) is 5.11. The second kappa shape index (κ2) is 5.10. The van der Waals surface area contributed by atoms with E-state index in [-0.39, 0.29) is 17.6 Å². The summed E-state index contributed by atoms with van der Waals surface area (Å²) < 4.78 is 11.3. The maximum atomic E-state index is 5.78. The molecule has 1 aliphatic heterocycles. The van der Waals surface area contributed by atoms with Crippen LogP contribution in [0, 0.1) is 5.41 Å². The molecule has 0 aromatic carbocycles. The summed E-state index contributed by atoms with van der Waals surface area (Å²) in [6, 6.07) is 0. The van der Waals surface area contributed by atoms with Gasteiger partial charge in [-0.05, 0) is 13.8 Å². The maximum absolute atomic E-state index is 5.78. The third kappa shape index (κ3) is 4.40. The topological polar surface area (TPSA) is 30.5 Å². The summed E-state index contributed by atoms with van der Waals surface area (Å²) in [7, 11) is 0. The van der Waals surface area contributed by atoms with Crippen LogP contribution in [0.4, 0.5) is 0 Å². The summed E-state index contributed by atoms with van der Waals surface area (Å²) in [6.45, 7) is 12.0. The first-order chi connectivity index (χ1) is 6.49. The minimum atomic E-state index is 0.208. The first-order valence-corrected chi connectivity index (χ1v) is 5.43. The summed E-state index contributed by atoms with van der Waals surface area (Å²) in [5, 5.41) is 3.41. The molecule has 0 aliphatic carbocycles. The molecule has 0 amide bonds. The molecule has 84 valence electrons. The molecular weight excluding hydrogens is 178 g/mol. The highest BCUT2D eigenvalue weighted by Gasteiger charge is 2.24. The fourth-order valence-electron chi connectivity index (χ4n) is 1.43. The van der Waals surface area contributed by atoms with E-state index in [9.17, 15) is 0 Å². The molecule has 0 bridgehead atoms. The highest BCUT2D eigenvalue weighted by atomic mass is 16.5. The first kappa shape index (κ1) is 12.0. The maximum Gasteiger partial charge on any atom is 0.0932 e. The summed E-state index contributed by atoms with van der Waals surface area (Å²) in [5.41, 5.74) is 0.243. The van der Waals surface area contributed by atoms with Crippen LogP contribution in [0.15, 0.2) is 0 Å². The van der Waals surface area contributed by atoms with Crippen molar-refractivity contribution in [3.05, 3.63) is 0 Å². The molecule has 1 unspecified atom stereocenters. The Balaban J connectivity index is 2.28. The first-order valence-electron chi connectivity index (χ1n) is 5.43. The molecule has 0 aromatic heterocycles. The van der Waals surface area contributed by atoms with Crippen molar-refractivity contribution in [3.63, 3.8) is 0 Å². The molecule has 1 atom stereocenters. The van der Waals surface area contributed by atoms with E-state index in [1.54, 1.807) is 0 Å². The zero-order valence-electron chi connectivity index (χ0n) is 9.80. The van der Waals surface area contributed by atoms with Gasteiger partial charge in [-0.2, -0.15) is 0 Å². The van der Waals surface area contributed by atoms with Gasteiger partial charge in [-0.25, -0.2) is 0 Å². The van der Waals surface area contributed by atoms with E-state index >= 15 is 0 Å². The standard InChI is InChI=1S/C11H23NO2/c1-9(2)13-6-10-5-12-7-11(3,4)8-14-10/h9-10,12H,5-8H2,1-4H3. The van der Waals surface area contributed by atoms with Crippen LogP contribution in [0.5, 0.6) is 0 Å². The molecule has 1 saturated heterocycles. The van der Waals surface area contributed by atoms with Crippen molar-refractivity contribution in [2.24, 2.45) is 5.41 Å². The molecule has 0 radical (unpaired) electrons. The van der Waals surface area contributed by atoms with Crippen molar-refractivity contribution in [2.75, 3.05) is 26.3 Å². The van der Waals surface area contributed by atoms with E-state index in [0.717, 1.165) is 19.7 Å². The fourth-order valence-corrected chi connectivity index (χ4v) is 1.43. The summed E-state index contributed by atoms with van der Waals surface area (Å²) in [5.74, 6) is 0. The van der Waals surface area contributed by atoms with Gasteiger partial charge in [0.2, 0.25) is 0 Å². The quantitative estimate of drug-likeness (QED) is 0.749. The highest BCUT2D eigenvalue weighted by Crippen LogP contribution is 2.17. The second-order valence-corrected chi connectivity index (χ2v) is 5.11. The van der Waals surface area contributed by atoms with E-state index in [0.29, 0.717) is 6.61 Å². The number of hydrogen-bond acceptors (Lipinski definition) is 3. The Morgan fingerprint density at radius 2 is 2.21 bits per heavy atom. The van der Waals surface area contributed by atoms with E-state index < -0.39 is 0 Å². The Labute approximate surface area is 87.2 Å². The number of rotatable bonds is 3. The molecular formula is C11H23NO2. The van der Waals surface area contributed by atoms with Crippen molar-refractivity contribution in [3.8, 4) is 0 Å². The van der Waals surface area contributed by atoms with Crippen LogP contribution in [-0.2, 0) is 9.47 Å². The van der Waals surface area contributed by atoms with Crippen LogP contribution in [0.2, 0.25) is 0 Å². The Kier molecular flexibility index (Phi) is 4.35. The van der Waals surface area contributed by atoms with Gasteiger partial charge in [0.1, 0.15) is 0 Å². The molecule has 3 nitrogen and oxygen atoms in total. The molecule has 0 saturated carbocycles. The third-order valence-corrected chi connectivity index (χ3v) is 2.30. The van der Waals surface area contributed by atoms with E-state index in [1.807, 2.05) is 13.8 Å². The lowest BCUT2D eigenvalue weighted by atomic mass is 9.95. The van der Waals surface area contributed by atoms with Crippen molar-refractivity contribution >= 4 is 0 Å². The Hall–Kier alpha value is -0.120. The molecule has 3 heteroatoms. The molecule has 0 aromatic rings. The highest BCUT2D eigenvalue weighted by molar-refractivity contribution is 4.77. The lowest BCUT2D eigenvalue weighted by Gasteiger charge is -2.21. The van der Waals surface area contributed by atoms with Gasteiger partial charge in [0.05, 0.1) is 25.4 Å². The molecule has 0 spiro atoms.